The summed E-state index contributed by atoms with van der Waals surface area (Å²) in [5, 5.41) is 8.94. The van der Waals surface area contributed by atoms with Crippen LogP contribution in [-0.4, -0.2) is 21.3 Å². The zero-order valence-electron chi connectivity index (χ0n) is 9.82. The fourth-order valence-electron chi connectivity index (χ4n) is 1.76. The maximum Gasteiger partial charge on any atom is 0.154 e. The Labute approximate surface area is 94.5 Å². The predicted octanol–water partition coefficient (Wildman–Crippen LogP) is 1.83. The first-order valence-corrected chi connectivity index (χ1v) is 5.33. The second-order valence-corrected chi connectivity index (χ2v) is 3.90. The molecule has 0 aliphatic carbocycles. The van der Waals surface area contributed by atoms with Crippen molar-refractivity contribution >= 4 is 0 Å². The van der Waals surface area contributed by atoms with Crippen molar-refractivity contribution in [2.75, 3.05) is 6.61 Å². The molecule has 16 heavy (non-hydrogen) atoms. The summed E-state index contributed by atoms with van der Waals surface area (Å²) in [5.74, 6) is 2.54. The predicted molar refractivity (Wildman–Crippen MR) is 61.2 cm³/mol. The van der Waals surface area contributed by atoms with Crippen LogP contribution in [0.25, 0.3) is 11.5 Å². The zero-order chi connectivity index (χ0) is 11.7. The Kier molecular flexibility index (Phi) is 2.83. The highest BCUT2D eigenvalue weighted by atomic mass is 16.3. The lowest BCUT2D eigenvalue weighted by Crippen LogP contribution is -2.01. The van der Waals surface area contributed by atoms with Gasteiger partial charge in [0, 0.05) is 19.2 Å². The third-order valence-corrected chi connectivity index (χ3v) is 2.78. The molecule has 0 amide bonds. The van der Waals surface area contributed by atoms with E-state index in [4.69, 9.17) is 9.52 Å². The minimum absolute atomic E-state index is 0.112. The van der Waals surface area contributed by atoms with Gasteiger partial charge < -0.3 is 14.1 Å². The Hall–Kier alpha value is -1.55. The molecule has 0 atom stereocenters. The quantitative estimate of drug-likeness (QED) is 0.858. The van der Waals surface area contributed by atoms with E-state index in [1.54, 1.807) is 0 Å². The molecule has 2 heterocycles. The zero-order valence-corrected chi connectivity index (χ0v) is 9.82. The average Bonchev–Trinajstić information content (AvgIpc) is 2.78. The van der Waals surface area contributed by atoms with Crippen molar-refractivity contribution in [3.8, 4) is 11.5 Å². The highest BCUT2D eigenvalue weighted by molar-refractivity contribution is 5.56. The second kappa shape index (κ2) is 4.14. The summed E-state index contributed by atoms with van der Waals surface area (Å²) >= 11 is 0. The van der Waals surface area contributed by atoms with Crippen molar-refractivity contribution in [3.05, 3.63) is 29.4 Å². The van der Waals surface area contributed by atoms with Gasteiger partial charge in [-0.3, -0.25) is 0 Å². The van der Waals surface area contributed by atoms with E-state index in [2.05, 4.69) is 4.98 Å². The molecule has 2 rings (SSSR count). The summed E-state index contributed by atoms with van der Waals surface area (Å²) in [6.07, 6.45) is 0.566. The number of hydrogen-bond acceptors (Lipinski definition) is 3. The fourth-order valence-corrected chi connectivity index (χ4v) is 1.76. The highest BCUT2D eigenvalue weighted by Gasteiger charge is 2.14. The minimum Gasteiger partial charge on any atom is -0.460 e. The van der Waals surface area contributed by atoms with Crippen LogP contribution < -0.4 is 0 Å². The molecule has 0 saturated carbocycles. The van der Waals surface area contributed by atoms with Crippen LogP contribution in [0.5, 0.6) is 0 Å². The third kappa shape index (κ3) is 1.76. The number of aromatic nitrogens is 2. The molecule has 2 aromatic heterocycles. The van der Waals surface area contributed by atoms with Gasteiger partial charge in [-0.2, -0.15) is 0 Å². The van der Waals surface area contributed by atoms with Crippen LogP contribution in [0.1, 0.15) is 17.3 Å². The summed E-state index contributed by atoms with van der Waals surface area (Å²) in [5.41, 5.74) is 1.91. The van der Waals surface area contributed by atoms with Crippen molar-refractivity contribution in [1.29, 1.82) is 0 Å². The van der Waals surface area contributed by atoms with Gasteiger partial charge in [0.05, 0.1) is 6.61 Å². The van der Waals surface area contributed by atoms with Crippen LogP contribution in [0.3, 0.4) is 0 Å². The molecule has 0 aliphatic rings. The van der Waals surface area contributed by atoms with Gasteiger partial charge in [-0.05, 0) is 26.0 Å². The van der Waals surface area contributed by atoms with Crippen LogP contribution in [-0.2, 0) is 13.5 Å². The van der Waals surface area contributed by atoms with E-state index in [1.807, 2.05) is 37.6 Å². The van der Waals surface area contributed by atoms with E-state index in [9.17, 15) is 0 Å². The number of aliphatic hydroxyl groups excluding tert-OH is 1. The molecule has 4 heteroatoms. The van der Waals surface area contributed by atoms with E-state index in [-0.39, 0.29) is 6.61 Å². The first kappa shape index (κ1) is 11.0. The monoisotopic (exact) mass is 220 g/mol. The third-order valence-electron chi connectivity index (χ3n) is 2.78. The van der Waals surface area contributed by atoms with Gasteiger partial charge in [0.1, 0.15) is 17.3 Å². The lowest BCUT2D eigenvalue weighted by Gasteiger charge is -1.99. The van der Waals surface area contributed by atoms with Crippen molar-refractivity contribution in [1.82, 2.24) is 9.55 Å². The van der Waals surface area contributed by atoms with Crippen LogP contribution in [0.15, 0.2) is 16.5 Å². The van der Waals surface area contributed by atoms with Gasteiger partial charge in [0.2, 0.25) is 0 Å². The SMILES string of the molecule is Cc1ccc(-c2nc(CCO)n(C)c2C)o1. The van der Waals surface area contributed by atoms with Gasteiger partial charge in [-0.15, -0.1) is 0 Å². The van der Waals surface area contributed by atoms with Gasteiger partial charge >= 0.3 is 0 Å². The molecule has 2 aromatic rings. The maximum absolute atomic E-state index is 8.94. The molecule has 86 valence electrons. The van der Waals surface area contributed by atoms with E-state index in [1.165, 1.54) is 0 Å². The largest absolute Gasteiger partial charge is 0.460 e. The molecular weight excluding hydrogens is 204 g/mol. The number of hydrogen-bond donors (Lipinski definition) is 1. The molecule has 1 N–H and O–H groups in total. The van der Waals surface area contributed by atoms with E-state index in [0.29, 0.717) is 6.42 Å². The van der Waals surface area contributed by atoms with Crippen LogP contribution in [0.4, 0.5) is 0 Å². The van der Waals surface area contributed by atoms with E-state index < -0.39 is 0 Å². The fraction of sp³-hybridized carbons (Fsp3) is 0.417. The lowest BCUT2D eigenvalue weighted by atomic mass is 10.3. The average molecular weight is 220 g/mol. The normalized spacial score (nSPS) is 11.0. The second-order valence-electron chi connectivity index (χ2n) is 3.90. The van der Waals surface area contributed by atoms with Gasteiger partial charge in [0.25, 0.3) is 0 Å². The summed E-state index contributed by atoms with van der Waals surface area (Å²) in [6, 6.07) is 3.85. The smallest absolute Gasteiger partial charge is 0.154 e. The van der Waals surface area contributed by atoms with Crippen LogP contribution >= 0.6 is 0 Å². The topological polar surface area (TPSA) is 51.2 Å². The number of imidazole rings is 1. The summed E-state index contributed by atoms with van der Waals surface area (Å²) in [6.45, 7) is 4.03. The summed E-state index contributed by atoms with van der Waals surface area (Å²) in [7, 11) is 1.95. The Morgan fingerprint density at radius 1 is 1.38 bits per heavy atom. The standard InChI is InChI=1S/C12H16N2O2/c1-8-4-5-10(16-8)12-9(2)14(3)11(13-12)6-7-15/h4-5,15H,6-7H2,1-3H3. The van der Waals surface area contributed by atoms with Gasteiger partial charge in [0.15, 0.2) is 5.76 Å². The number of rotatable bonds is 3. The van der Waals surface area contributed by atoms with Crippen LogP contribution in [0, 0.1) is 13.8 Å². The highest BCUT2D eigenvalue weighted by Crippen LogP contribution is 2.24. The van der Waals surface area contributed by atoms with Crippen molar-refractivity contribution < 1.29 is 9.52 Å². The van der Waals surface area contributed by atoms with Crippen molar-refractivity contribution in [3.63, 3.8) is 0 Å². The molecular formula is C12H16N2O2. The number of aryl methyl sites for hydroxylation is 1. The Bertz CT molecular complexity index is 497. The molecule has 4 nitrogen and oxygen atoms in total. The van der Waals surface area contributed by atoms with Crippen molar-refractivity contribution in [2.24, 2.45) is 7.05 Å². The van der Waals surface area contributed by atoms with Crippen LogP contribution in [0.2, 0.25) is 0 Å². The number of nitrogens with zero attached hydrogens (tertiary/aromatic N) is 2. The minimum atomic E-state index is 0.112. The Morgan fingerprint density at radius 2 is 2.12 bits per heavy atom. The Morgan fingerprint density at radius 3 is 2.69 bits per heavy atom. The number of aliphatic hydroxyl groups is 1. The molecule has 0 radical (unpaired) electrons. The summed E-state index contributed by atoms with van der Waals surface area (Å²) < 4.78 is 7.55. The molecule has 0 bridgehead atoms. The lowest BCUT2D eigenvalue weighted by molar-refractivity contribution is 0.295. The van der Waals surface area contributed by atoms with Gasteiger partial charge in [-0.25, -0.2) is 4.98 Å². The summed E-state index contributed by atoms with van der Waals surface area (Å²) in [4.78, 5) is 4.49. The first-order valence-electron chi connectivity index (χ1n) is 5.33. The first-order chi connectivity index (χ1) is 7.63. The molecule has 0 spiro atoms. The molecule has 0 unspecified atom stereocenters. The molecule has 0 aromatic carbocycles. The molecule has 0 aliphatic heterocycles. The van der Waals surface area contributed by atoms with E-state index in [0.717, 1.165) is 28.7 Å². The molecule has 0 fully saturated rings. The van der Waals surface area contributed by atoms with Gasteiger partial charge in [-0.1, -0.05) is 0 Å². The Balaban J connectivity index is 2.45. The maximum atomic E-state index is 8.94. The van der Waals surface area contributed by atoms with Crippen molar-refractivity contribution in [2.45, 2.75) is 20.3 Å². The van der Waals surface area contributed by atoms with E-state index >= 15 is 0 Å². The molecule has 0 saturated heterocycles. The number of furan rings is 1.